The summed E-state index contributed by atoms with van der Waals surface area (Å²) in [6.45, 7) is 0.651. The maximum Gasteiger partial charge on any atom is 0.178 e. The minimum atomic E-state index is 0.244. The van der Waals surface area contributed by atoms with Crippen LogP contribution in [0, 0.1) is 0 Å². The van der Waals surface area contributed by atoms with Crippen molar-refractivity contribution in [3.8, 4) is 11.5 Å². The van der Waals surface area contributed by atoms with Crippen molar-refractivity contribution in [1.29, 1.82) is 0 Å². The number of aromatic nitrogens is 4. The van der Waals surface area contributed by atoms with Crippen LogP contribution in [0.5, 0.6) is 11.5 Å². The summed E-state index contributed by atoms with van der Waals surface area (Å²) < 4.78 is 6.92. The van der Waals surface area contributed by atoms with Crippen LogP contribution in [-0.4, -0.2) is 32.0 Å². The van der Waals surface area contributed by atoms with Gasteiger partial charge in [0, 0.05) is 13.0 Å². The van der Waals surface area contributed by atoms with E-state index in [4.69, 9.17) is 4.74 Å². The third kappa shape index (κ3) is 3.82. The molecule has 0 aliphatic rings. The van der Waals surface area contributed by atoms with E-state index < -0.39 is 0 Å². The van der Waals surface area contributed by atoms with Gasteiger partial charge in [-0.15, -0.1) is 15.3 Å². The number of aromatic hydroxyl groups is 1. The van der Waals surface area contributed by atoms with Crippen LogP contribution in [0.25, 0.3) is 5.65 Å². The molecule has 2 aromatic carbocycles. The smallest absolute Gasteiger partial charge is 0.178 e. The molecule has 0 atom stereocenters. The van der Waals surface area contributed by atoms with E-state index in [0.29, 0.717) is 18.6 Å². The first kappa shape index (κ1) is 16.8. The maximum atomic E-state index is 9.41. The van der Waals surface area contributed by atoms with Gasteiger partial charge in [0.15, 0.2) is 11.5 Å². The molecule has 0 unspecified atom stereocenters. The number of fused-ring (bicyclic) bond motifs is 1. The molecule has 2 heterocycles. The molecule has 4 aromatic rings. The summed E-state index contributed by atoms with van der Waals surface area (Å²) in [7, 11) is 1.65. The Balaban J connectivity index is 1.51. The van der Waals surface area contributed by atoms with Crippen LogP contribution in [0.4, 0.5) is 5.82 Å². The minimum Gasteiger partial charge on any atom is -0.508 e. The predicted molar refractivity (Wildman–Crippen MR) is 102 cm³/mol. The normalized spacial score (nSPS) is 10.9. The highest BCUT2D eigenvalue weighted by Crippen LogP contribution is 2.15. The van der Waals surface area contributed by atoms with Crippen molar-refractivity contribution >= 4 is 11.5 Å². The van der Waals surface area contributed by atoms with Crippen molar-refractivity contribution in [3.63, 3.8) is 0 Å². The third-order valence-corrected chi connectivity index (χ3v) is 4.26. The molecule has 0 amide bonds. The van der Waals surface area contributed by atoms with E-state index in [1.807, 2.05) is 48.5 Å². The van der Waals surface area contributed by atoms with Gasteiger partial charge in [0.25, 0.3) is 0 Å². The molecule has 0 aliphatic heterocycles. The number of anilines is 1. The van der Waals surface area contributed by atoms with Gasteiger partial charge in [-0.3, -0.25) is 0 Å². The number of benzene rings is 2. The Bertz CT molecular complexity index is 1040. The van der Waals surface area contributed by atoms with Gasteiger partial charge in [0.2, 0.25) is 0 Å². The Kier molecular flexibility index (Phi) is 4.57. The summed E-state index contributed by atoms with van der Waals surface area (Å²) in [5.41, 5.74) is 2.85. The SMILES string of the molecule is COc1ccc(CNc2ccc3nnc(Cc4ccc(O)cc4)n3n2)cc1. The number of phenolic OH excluding ortho intramolecular Hbond substituents is 1. The lowest BCUT2D eigenvalue weighted by atomic mass is 10.1. The second kappa shape index (κ2) is 7.33. The molecular weight excluding hydrogens is 342 g/mol. The number of ether oxygens (including phenoxy) is 1. The van der Waals surface area contributed by atoms with Gasteiger partial charge in [-0.25, -0.2) is 0 Å². The summed E-state index contributed by atoms with van der Waals surface area (Å²) in [6.07, 6.45) is 0.580. The molecule has 0 fully saturated rings. The highest BCUT2D eigenvalue weighted by Gasteiger charge is 2.09. The van der Waals surface area contributed by atoms with Gasteiger partial charge in [0.1, 0.15) is 17.3 Å². The van der Waals surface area contributed by atoms with Gasteiger partial charge in [-0.05, 0) is 47.5 Å². The summed E-state index contributed by atoms with van der Waals surface area (Å²) in [5.74, 6) is 2.56. The van der Waals surface area contributed by atoms with Crippen LogP contribution in [-0.2, 0) is 13.0 Å². The molecular formula is C20H19N5O2. The number of hydrogen-bond donors (Lipinski definition) is 2. The fourth-order valence-corrected chi connectivity index (χ4v) is 2.77. The molecule has 7 nitrogen and oxygen atoms in total. The number of nitrogens with zero attached hydrogens (tertiary/aromatic N) is 4. The Morgan fingerprint density at radius 1 is 0.926 bits per heavy atom. The lowest BCUT2D eigenvalue weighted by Gasteiger charge is -2.07. The number of methoxy groups -OCH3 is 1. The lowest BCUT2D eigenvalue weighted by molar-refractivity contribution is 0.414. The molecule has 0 radical (unpaired) electrons. The van der Waals surface area contributed by atoms with Crippen molar-refractivity contribution < 1.29 is 9.84 Å². The number of phenols is 1. The largest absolute Gasteiger partial charge is 0.508 e. The average molecular weight is 361 g/mol. The molecule has 2 aromatic heterocycles. The van der Waals surface area contributed by atoms with Crippen molar-refractivity contribution in [3.05, 3.63) is 77.6 Å². The number of nitrogens with one attached hydrogen (secondary N) is 1. The van der Waals surface area contributed by atoms with E-state index in [9.17, 15) is 5.11 Å². The second-order valence-corrected chi connectivity index (χ2v) is 6.15. The molecule has 27 heavy (non-hydrogen) atoms. The fraction of sp³-hybridized carbons (Fsp3) is 0.150. The number of rotatable bonds is 6. The van der Waals surface area contributed by atoms with Gasteiger partial charge in [-0.1, -0.05) is 24.3 Å². The van der Waals surface area contributed by atoms with E-state index >= 15 is 0 Å². The van der Waals surface area contributed by atoms with Crippen molar-refractivity contribution in [2.75, 3.05) is 12.4 Å². The monoisotopic (exact) mass is 361 g/mol. The summed E-state index contributed by atoms with van der Waals surface area (Å²) in [4.78, 5) is 0. The van der Waals surface area contributed by atoms with Gasteiger partial charge >= 0.3 is 0 Å². The highest BCUT2D eigenvalue weighted by molar-refractivity contribution is 5.45. The van der Waals surface area contributed by atoms with Crippen molar-refractivity contribution in [1.82, 2.24) is 19.8 Å². The van der Waals surface area contributed by atoms with Crippen LogP contribution < -0.4 is 10.1 Å². The van der Waals surface area contributed by atoms with Crippen LogP contribution >= 0.6 is 0 Å². The quantitative estimate of drug-likeness (QED) is 0.549. The van der Waals surface area contributed by atoms with Crippen LogP contribution in [0.3, 0.4) is 0 Å². The zero-order valence-electron chi connectivity index (χ0n) is 14.8. The molecule has 0 aliphatic carbocycles. The first-order valence-electron chi connectivity index (χ1n) is 8.57. The first-order chi connectivity index (χ1) is 13.2. The lowest BCUT2D eigenvalue weighted by Crippen LogP contribution is -2.06. The third-order valence-electron chi connectivity index (χ3n) is 4.26. The second-order valence-electron chi connectivity index (χ2n) is 6.15. The van der Waals surface area contributed by atoms with E-state index in [0.717, 1.165) is 28.5 Å². The molecule has 7 heteroatoms. The Morgan fingerprint density at radius 3 is 2.41 bits per heavy atom. The molecule has 0 saturated heterocycles. The molecule has 2 N–H and O–H groups in total. The fourth-order valence-electron chi connectivity index (χ4n) is 2.77. The van der Waals surface area contributed by atoms with E-state index in [-0.39, 0.29) is 5.75 Å². The molecule has 0 spiro atoms. The van der Waals surface area contributed by atoms with Gasteiger partial charge < -0.3 is 15.2 Å². The molecule has 0 saturated carbocycles. The number of hydrogen-bond acceptors (Lipinski definition) is 6. The highest BCUT2D eigenvalue weighted by atomic mass is 16.5. The van der Waals surface area contributed by atoms with E-state index in [1.54, 1.807) is 23.8 Å². The van der Waals surface area contributed by atoms with Gasteiger partial charge in [0.05, 0.1) is 7.11 Å². The van der Waals surface area contributed by atoms with Crippen LogP contribution in [0.2, 0.25) is 0 Å². The maximum absolute atomic E-state index is 9.41. The Morgan fingerprint density at radius 2 is 1.67 bits per heavy atom. The zero-order valence-corrected chi connectivity index (χ0v) is 14.8. The summed E-state index contributed by atoms with van der Waals surface area (Å²) in [5, 5.41) is 25.7. The van der Waals surface area contributed by atoms with E-state index in [1.165, 1.54) is 0 Å². The topological polar surface area (TPSA) is 84.6 Å². The minimum absolute atomic E-state index is 0.244. The summed E-state index contributed by atoms with van der Waals surface area (Å²) in [6, 6.07) is 18.7. The van der Waals surface area contributed by atoms with Crippen LogP contribution in [0.15, 0.2) is 60.7 Å². The molecule has 136 valence electrons. The Hall–Kier alpha value is -3.61. The van der Waals surface area contributed by atoms with Crippen LogP contribution in [0.1, 0.15) is 17.0 Å². The standard InChI is InChI=1S/C20H19N5O2/c1-27-17-8-4-15(5-9-17)13-21-18-10-11-19-22-23-20(25(19)24-18)12-14-2-6-16(26)7-3-14/h2-11,26H,12-13H2,1H3,(H,21,24). The predicted octanol–water partition coefficient (Wildman–Crippen LogP) is 3.04. The Labute approximate surface area is 156 Å². The summed E-state index contributed by atoms with van der Waals surface area (Å²) >= 11 is 0. The molecule has 0 bridgehead atoms. The van der Waals surface area contributed by atoms with Crippen molar-refractivity contribution in [2.45, 2.75) is 13.0 Å². The zero-order chi connectivity index (χ0) is 18.6. The van der Waals surface area contributed by atoms with Crippen molar-refractivity contribution in [2.24, 2.45) is 0 Å². The molecule has 4 rings (SSSR count). The van der Waals surface area contributed by atoms with E-state index in [2.05, 4.69) is 20.6 Å². The van der Waals surface area contributed by atoms with Gasteiger partial charge in [-0.2, -0.15) is 4.52 Å². The first-order valence-corrected chi connectivity index (χ1v) is 8.57. The average Bonchev–Trinajstić information content (AvgIpc) is 3.10.